The first-order valence-corrected chi connectivity index (χ1v) is 10.0. The van der Waals surface area contributed by atoms with Gasteiger partial charge in [0, 0.05) is 33.6 Å². The number of carbonyl (C=O) groups excluding carboxylic acids is 1. The quantitative estimate of drug-likeness (QED) is 0.457. The Labute approximate surface area is 183 Å². The van der Waals surface area contributed by atoms with Gasteiger partial charge in [0.15, 0.2) is 11.6 Å². The van der Waals surface area contributed by atoms with Gasteiger partial charge in [0.2, 0.25) is 0 Å². The van der Waals surface area contributed by atoms with Crippen LogP contribution in [0.2, 0.25) is 10.0 Å². The summed E-state index contributed by atoms with van der Waals surface area (Å²) in [5, 5.41) is 12.6. The summed E-state index contributed by atoms with van der Waals surface area (Å²) in [7, 11) is 0. The second kappa shape index (κ2) is 8.38. The van der Waals surface area contributed by atoms with Crippen molar-refractivity contribution >= 4 is 34.9 Å². The monoisotopic (exact) mass is 443 g/mol. The summed E-state index contributed by atoms with van der Waals surface area (Å²) < 4.78 is 9.16. The normalized spacial score (nSPS) is 11.1. The first-order valence-electron chi connectivity index (χ1n) is 9.26. The van der Waals surface area contributed by atoms with Gasteiger partial charge < -0.3 is 9.73 Å². The Balaban J connectivity index is 1.41. The van der Waals surface area contributed by atoms with E-state index in [1.54, 1.807) is 47.3 Å². The van der Waals surface area contributed by atoms with Crippen LogP contribution in [0, 0.1) is 13.8 Å². The van der Waals surface area contributed by atoms with Crippen molar-refractivity contribution in [1.29, 1.82) is 0 Å². The zero-order valence-electron chi connectivity index (χ0n) is 16.4. The molecule has 0 aliphatic rings. The molecule has 9 heteroatoms. The van der Waals surface area contributed by atoms with Crippen LogP contribution in [0.1, 0.15) is 33.3 Å². The summed E-state index contributed by atoms with van der Waals surface area (Å²) in [4.78, 5) is 12.5. The number of hydrogen-bond acceptors (Lipinski definition) is 4. The van der Waals surface area contributed by atoms with Crippen molar-refractivity contribution in [2.24, 2.45) is 0 Å². The molecular formula is C21H19Cl2N5O2. The number of hydrogen-bond donors (Lipinski definition) is 1. The first-order chi connectivity index (χ1) is 14.4. The number of furan rings is 1. The van der Waals surface area contributed by atoms with Crippen LogP contribution in [0.3, 0.4) is 0 Å². The molecule has 3 aromatic heterocycles. The highest BCUT2D eigenvalue weighted by Gasteiger charge is 2.14. The summed E-state index contributed by atoms with van der Waals surface area (Å²) in [5.41, 5.74) is 2.73. The standard InChI is InChI=1S/C21H19Cl2N5O2/c1-13-10-14(2)28(25-13)11-15-6-7-19(30-15)21(29)24-20-8-9-27(26-20)12-16-17(22)4-3-5-18(16)23/h3-10H,11-12H2,1-2H3,(H,24,26,29). The average Bonchev–Trinajstić information content (AvgIpc) is 3.40. The number of halogens is 2. The average molecular weight is 444 g/mol. The van der Waals surface area contributed by atoms with Crippen LogP contribution in [0.25, 0.3) is 0 Å². The zero-order valence-corrected chi connectivity index (χ0v) is 17.9. The fraction of sp³-hybridized carbons (Fsp3) is 0.190. The van der Waals surface area contributed by atoms with Crippen LogP contribution in [0.5, 0.6) is 0 Å². The van der Waals surface area contributed by atoms with Crippen LogP contribution < -0.4 is 5.32 Å². The van der Waals surface area contributed by atoms with E-state index in [4.69, 9.17) is 27.6 Å². The fourth-order valence-corrected chi connectivity index (χ4v) is 3.62. The van der Waals surface area contributed by atoms with E-state index < -0.39 is 0 Å². The molecule has 0 saturated carbocycles. The highest BCUT2D eigenvalue weighted by atomic mass is 35.5. The van der Waals surface area contributed by atoms with Crippen molar-refractivity contribution in [3.05, 3.63) is 87.2 Å². The van der Waals surface area contributed by atoms with Gasteiger partial charge in [-0.3, -0.25) is 14.2 Å². The summed E-state index contributed by atoms with van der Waals surface area (Å²) >= 11 is 12.4. The highest BCUT2D eigenvalue weighted by molar-refractivity contribution is 6.35. The molecule has 0 aliphatic carbocycles. The molecule has 0 bridgehead atoms. The molecule has 4 rings (SSSR count). The van der Waals surface area contributed by atoms with Crippen LogP contribution in [-0.2, 0) is 13.1 Å². The number of anilines is 1. The van der Waals surface area contributed by atoms with Crippen molar-refractivity contribution < 1.29 is 9.21 Å². The fourth-order valence-electron chi connectivity index (χ4n) is 3.11. The molecule has 3 heterocycles. The van der Waals surface area contributed by atoms with E-state index in [1.165, 1.54) is 0 Å². The van der Waals surface area contributed by atoms with Crippen molar-refractivity contribution in [1.82, 2.24) is 19.6 Å². The molecule has 0 spiro atoms. The second-order valence-corrected chi connectivity index (χ2v) is 7.72. The molecule has 0 aliphatic heterocycles. The van der Waals surface area contributed by atoms with Crippen LogP contribution in [0.4, 0.5) is 5.82 Å². The minimum Gasteiger partial charge on any atom is -0.454 e. The predicted molar refractivity (Wildman–Crippen MR) is 115 cm³/mol. The lowest BCUT2D eigenvalue weighted by molar-refractivity contribution is 0.0994. The number of aryl methyl sites for hydroxylation is 2. The number of rotatable bonds is 6. The van der Waals surface area contributed by atoms with E-state index in [0.29, 0.717) is 34.7 Å². The smallest absolute Gasteiger partial charge is 0.292 e. The van der Waals surface area contributed by atoms with E-state index in [0.717, 1.165) is 17.0 Å². The maximum absolute atomic E-state index is 12.5. The number of benzene rings is 1. The van der Waals surface area contributed by atoms with Gasteiger partial charge in [0.25, 0.3) is 5.91 Å². The molecular weight excluding hydrogens is 425 g/mol. The van der Waals surface area contributed by atoms with Crippen LogP contribution in [-0.4, -0.2) is 25.5 Å². The van der Waals surface area contributed by atoms with Crippen molar-refractivity contribution in [3.8, 4) is 0 Å². The lowest BCUT2D eigenvalue weighted by Crippen LogP contribution is -2.12. The van der Waals surface area contributed by atoms with Gasteiger partial charge in [-0.15, -0.1) is 0 Å². The third kappa shape index (κ3) is 4.42. The molecule has 30 heavy (non-hydrogen) atoms. The lowest BCUT2D eigenvalue weighted by atomic mass is 10.2. The van der Waals surface area contributed by atoms with E-state index in [1.807, 2.05) is 24.6 Å². The molecule has 0 atom stereocenters. The molecule has 0 saturated heterocycles. The van der Waals surface area contributed by atoms with Crippen molar-refractivity contribution in [3.63, 3.8) is 0 Å². The van der Waals surface area contributed by atoms with Crippen LogP contribution >= 0.6 is 23.2 Å². The summed E-state index contributed by atoms with van der Waals surface area (Å²) in [6.07, 6.45) is 1.74. The Morgan fingerprint density at radius 3 is 2.53 bits per heavy atom. The van der Waals surface area contributed by atoms with Gasteiger partial charge in [0.1, 0.15) is 5.76 Å². The Morgan fingerprint density at radius 1 is 1.07 bits per heavy atom. The first kappa shape index (κ1) is 20.3. The van der Waals surface area contributed by atoms with Gasteiger partial charge in [-0.1, -0.05) is 29.3 Å². The van der Waals surface area contributed by atoms with Crippen molar-refractivity contribution in [2.45, 2.75) is 26.9 Å². The second-order valence-electron chi connectivity index (χ2n) is 6.90. The maximum atomic E-state index is 12.5. The van der Waals surface area contributed by atoms with Gasteiger partial charge in [-0.05, 0) is 44.2 Å². The van der Waals surface area contributed by atoms with Gasteiger partial charge in [-0.2, -0.15) is 10.2 Å². The minimum atomic E-state index is -0.379. The molecule has 7 nitrogen and oxygen atoms in total. The summed E-state index contributed by atoms with van der Waals surface area (Å²) in [6.45, 7) is 4.76. The Morgan fingerprint density at radius 2 is 1.83 bits per heavy atom. The van der Waals surface area contributed by atoms with E-state index >= 15 is 0 Å². The molecule has 1 amide bonds. The zero-order chi connectivity index (χ0) is 21.3. The maximum Gasteiger partial charge on any atom is 0.292 e. The summed E-state index contributed by atoms with van der Waals surface area (Å²) in [6, 6.07) is 12.4. The van der Waals surface area contributed by atoms with E-state index in [9.17, 15) is 4.79 Å². The Hall–Kier alpha value is -3.03. The van der Waals surface area contributed by atoms with Gasteiger partial charge >= 0.3 is 0 Å². The number of nitrogens with zero attached hydrogens (tertiary/aromatic N) is 4. The van der Waals surface area contributed by atoms with Crippen molar-refractivity contribution in [2.75, 3.05) is 5.32 Å². The van der Waals surface area contributed by atoms with Crippen LogP contribution in [0.15, 0.2) is 53.1 Å². The number of aromatic nitrogens is 4. The number of amides is 1. The number of carbonyl (C=O) groups is 1. The SMILES string of the molecule is Cc1cc(C)n(Cc2ccc(C(=O)Nc3ccn(Cc4c(Cl)cccc4Cl)n3)o2)n1. The van der Waals surface area contributed by atoms with Gasteiger partial charge in [0.05, 0.1) is 18.8 Å². The molecule has 0 fully saturated rings. The third-order valence-corrected chi connectivity index (χ3v) is 5.27. The molecule has 154 valence electrons. The lowest BCUT2D eigenvalue weighted by Gasteiger charge is -2.07. The molecule has 0 radical (unpaired) electrons. The topological polar surface area (TPSA) is 77.9 Å². The Bertz CT molecular complexity index is 1190. The number of nitrogens with one attached hydrogen (secondary N) is 1. The molecule has 4 aromatic rings. The predicted octanol–water partition coefficient (Wildman–Crippen LogP) is 4.95. The van der Waals surface area contributed by atoms with E-state index in [-0.39, 0.29) is 11.7 Å². The Kier molecular flexibility index (Phi) is 5.65. The van der Waals surface area contributed by atoms with E-state index in [2.05, 4.69) is 15.5 Å². The summed E-state index contributed by atoms with van der Waals surface area (Å²) in [5.74, 6) is 0.871. The molecule has 1 N–H and O–H groups in total. The largest absolute Gasteiger partial charge is 0.454 e. The highest BCUT2D eigenvalue weighted by Crippen LogP contribution is 2.25. The molecule has 0 unspecified atom stereocenters. The van der Waals surface area contributed by atoms with Gasteiger partial charge in [-0.25, -0.2) is 0 Å². The molecule has 1 aromatic carbocycles. The third-order valence-electron chi connectivity index (χ3n) is 4.56. The minimum absolute atomic E-state index is 0.204.